The van der Waals surface area contributed by atoms with Crippen molar-refractivity contribution < 1.29 is 0 Å². The third kappa shape index (κ3) is 4.80. The third-order valence-electron chi connectivity index (χ3n) is 8.49. The number of hydrogen-bond acceptors (Lipinski definition) is 5. The Morgan fingerprint density at radius 1 is 0.340 bits per heavy atom. The van der Waals surface area contributed by atoms with Gasteiger partial charge in [0.15, 0.2) is 23.1 Å². The van der Waals surface area contributed by atoms with E-state index < -0.39 is 0 Å². The third-order valence-corrected chi connectivity index (χ3v) is 8.49. The summed E-state index contributed by atoms with van der Waals surface area (Å²) in [5, 5.41) is 2.18. The Bertz CT molecular complexity index is 2480. The molecule has 0 saturated heterocycles. The highest BCUT2D eigenvalue weighted by Crippen LogP contribution is 2.34. The van der Waals surface area contributed by atoms with Gasteiger partial charge in [0.05, 0.1) is 5.69 Å². The molecule has 0 atom stereocenters. The standard InChI is InChI=1S/C41H26N6/c1-3-11-30(12-4-1)38-44-39(31-13-5-2-6-14-31)46-40(45-38)32-24-20-28(21-25-32)27-18-22-29(23-19-27)36-33-15-7-8-16-34(33)37-41(43-36)47-26-10-9-17-35(47)42-37/h1-26H. The van der Waals surface area contributed by atoms with E-state index in [4.69, 9.17) is 24.9 Å². The fourth-order valence-corrected chi connectivity index (χ4v) is 6.12. The van der Waals surface area contributed by atoms with Gasteiger partial charge >= 0.3 is 0 Å². The van der Waals surface area contributed by atoms with E-state index in [9.17, 15) is 0 Å². The largest absolute Gasteiger partial charge is 0.284 e. The van der Waals surface area contributed by atoms with Crippen molar-refractivity contribution in [1.82, 2.24) is 29.3 Å². The van der Waals surface area contributed by atoms with Crippen LogP contribution < -0.4 is 0 Å². The van der Waals surface area contributed by atoms with Crippen LogP contribution in [0, 0.1) is 0 Å². The molecule has 0 saturated carbocycles. The number of imidazole rings is 1. The van der Waals surface area contributed by atoms with Crippen LogP contribution in [0.4, 0.5) is 0 Å². The summed E-state index contributed by atoms with van der Waals surface area (Å²) < 4.78 is 2.05. The van der Waals surface area contributed by atoms with Crippen LogP contribution in [0.3, 0.4) is 0 Å². The lowest BCUT2D eigenvalue weighted by Gasteiger charge is -2.10. The van der Waals surface area contributed by atoms with Crippen LogP contribution in [0.5, 0.6) is 0 Å². The molecular weight excluding hydrogens is 576 g/mol. The molecule has 6 heteroatoms. The number of nitrogens with zero attached hydrogens (tertiary/aromatic N) is 6. The van der Waals surface area contributed by atoms with Crippen LogP contribution in [0.1, 0.15) is 0 Å². The molecule has 0 aliphatic rings. The average Bonchev–Trinajstić information content (AvgIpc) is 3.54. The van der Waals surface area contributed by atoms with Crippen molar-refractivity contribution in [3.63, 3.8) is 0 Å². The molecule has 4 aromatic heterocycles. The Labute approximate surface area is 270 Å². The van der Waals surface area contributed by atoms with Gasteiger partial charge in [-0.15, -0.1) is 0 Å². The first-order valence-corrected chi connectivity index (χ1v) is 15.5. The summed E-state index contributed by atoms with van der Waals surface area (Å²) in [4.78, 5) is 24.6. The van der Waals surface area contributed by atoms with Crippen molar-refractivity contribution in [3.05, 3.63) is 158 Å². The van der Waals surface area contributed by atoms with Crippen LogP contribution in [0.25, 0.3) is 84.1 Å². The zero-order valence-corrected chi connectivity index (χ0v) is 25.2. The minimum atomic E-state index is 0.639. The zero-order chi connectivity index (χ0) is 31.2. The van der Waals surface area contributed by atoms with Gasteiger partial charge in [0.1, 0.15) is 11.2 Å². The predicted molar refractivity (Wildman–Crippen MR) is 189 cm³/mol. The van der Waals surface area contributed by atoms with Gasteiger partial charge in [-0.05, 0) is 23.3 Å². The van der Waals surface area contributed by atoms with Gasteiger partial charge in [0.2, 0.25) is 0 Å². The number of pyridine rings is 2. The summed E-state index contributed by atoms with van der Waals surface area (Å²) >= 11 is 0. The molecule has 0 amide bonds. The van der Waals surface area contributed by atoms with Crippen molar-refractivity contribution >= 4 is 27.6 Å². The minimum Gasteiger partial charge on any atom is -0.284 e. The summed E-state index contributed by atoms with van der Waals surface area (Å²) in [6, 6.07) is 51.5. The lowest BCUT2D eigenvalue weighted by molar-refractivity contribution is 1.07. The van der Waals surface area contributed by atoms with Gasteiger partial charge in [-0.25, -0.2) is 24.9 Å². The fourth-order valence-electron chi connectivity index (χ4n) is 6.12. The molecule has 4 heterocycles. The Morgan fingerprint density at radius 2 is 0.809 bits per heavy atom. The van der Waals surface area contributed by atoms with E-state index in [1.165, 1.54) is 0 Å². The first kappa shape index (κ1) is 26.8. The van der Waals surface area contributed by atoms with E-state index in [-0.39, 0.29) is 0 Å². The second-order valence-corrected chi connectivity index (χ2v) is 11.4. The summed E-state index contributed by atoms with van der Waals surface area (Å²) in [5.41, 5.74) is 9.72. The highest BCUT2D eigenvalue weighted by atomic mass is 15.1. The number of aromatic nitrogens is 6. The molecular formula is C41H26N6. The Hall–Kier alpha value is -6.53. The predicted octanol–water partition coefficient (Wildman–Crippen LogP) is 9.56. The van der Waals surface area contributed by atoms with Gasteiger partial charge in [-0.3, -0.25) is 4.40 Å². The highest BCUT2D eigenvalue weighted by Gasteiger charge is 2.16. The van der Waals surface area contributed by atoms with Gasteiger partial charge in [-0.2, -0.15) is 0 Å². The summed E-state index contributed by atoms with van der Waals surface area (Å²) in [5.74, 6) is 1.94. The number of fused-ring (bicyclic) bond motifs is 5. The molecule has 0 spiro atoms. The summed E-state index contributed by atoms with van der Waals surface area (Å²) in [6.45, 7) is 0. The van der Waals surface area contributed by atoms with Gasteiger partial charge in [0, 0.05) is 39.2 Å². The quantitative estimate of drug-likeness (QED) is 0.196. The van der Waals surface area contributed by atoms with Crippen LogP contribution in [0.15, 0.2) is 158 Å². The number of rotatable bonds is 5. The Kier molecular flexibility index (Phi) is 6.35. The van der Waals surface area contributed by atoms with Crippen molar-refractivity contribution in [1.29, 1.82) is 0 Å². The van der Waals surface area contributed by atoms with E-state index in [1.54, 1.807) is 0 Å². The second-order valence-electron chi connectivity index (χ2n) is 11.4. The van der Waals surface area contributed by atoms with Crippen molar-refractivity contribution in [3.8, 4) is 56.5 Å². The number of benzene rings is 5. The monoisotopic (exact) mass is 602 g/mol. The molecule has 0 unspecified atom stereocenters. The maximum atomic E-state index is 5.15. The van der Waals surface area contributed by atoms with E-state index in [0.717, 1.165) is 66.7 Å². The van der Waals surface area contributed by atoms with Crippen molar-refractivity contribution in [2.75, 3.05) is 0 Å². The Morgan fingerprint density at radius 3 is 1.40 bits per heavy atom. The molecule has 220 valence electrons. The SMILES string of the molecule is c1ccc(-c2nc(-c3ccccc3)nc(-c3ccc(-c4ccc(-c5nc6c(nc7ccccn76)c6ccccc56)cc4)cc3)n2)cc1. The van der Waals surface area contributed by atoms with Crippen molar-refractivity contribution in [2.24, 2.45) is 0 Å². The Balaban J connectivity index is 1.07. The lowest BCUT2D eigenvalue weighted by Crippen LogP contribution is -2.00. The molecule has 0 fully saturated rings. The first-order chi connectivity index (χ1) is 23.3. The van der Waals surface area contributed by atoms with E-state index in [0.29, 0.717) is 17.5 Å². The molecule has 0 N–H and O–H groups in total. The number of hydrogen-bond donors (Lipinski definition) is 0. The summed E-state index contributed by atoms with van der Waals surface area (Å²) in [6.07, 6.45) is 2.02. The van der Waals surface area contributed by atoms with Crippen LogP contribution in [-0.2, 0) is 0 Å². The van der Waals surface area contributed by atoms with Gasteiger partial charge in [0.25, 0.3) is 0 Å². The second kappa shape index (κ2) is 11.1. The van der Waals surface area contributed by atoms with E-state index in [2.05, 4.69) is 77.2 Å². The van der Waals surface area contributed by atoms with Crippen LogP contribution in [-0.4, -0.2) is 29.3 Å². The lowest BCUT2D eigenvalue weighted by atomic mass is 9.99. The molecule has 47 heavy (non-hydrogen) atoms. The van der Waals surface area contributed by atoms with Gasteiger partial charge < -0.3 is 0 Å². The maximum absolute atomic E-state index is 5.15. The maximum Gasteiger partial charge on any atom is 0.165 e. The van der Waals surface area contributed by atoms with E-state index in [1.807, 2.05) is 85.1 Å². The van der Waals surface area contributed by atoms with Crippen LogP contribution >= 0.6 is 0 Å². The molecule has 0 radical (unpaired) electrons. The highest BCUT2D eigenvalue weighted by molar-refractivity contribution is 6.09. The molecule has 9 aromatic rings. The van der Waals surface area contributed by atoms with Crippen LogP contribution in [0.2, 0.25) is 0 Å². The topological polar surface area (TPSA) is 68.9 Å². The molecule has 0 bridgehead atoms. The average molecular weight is 603 g/mol. The minimum absolute atomic E-state index is 0.639. The molecule has 5 aromatic carbocycles. The van der Waals surface area contributed by atoms with E-state index >= 15 is 0 Å². The molecule has 9 rings (SSSR count). The molecule has 6 nitrogen and oxygen atoms in total. The normalized spacial score (nSPS) is 11.4. The zero-order valence-electron chi connectivity index (χ0n) is 25.2. The summed E-state index contributed by atoms with van der Waals surface area (Å²) in [7, 11) is 0. The smallest absolute Gasteiger partial charge is 0.165 e. The fraction of sp³-hybridized carbons (Fsp3) is 0. The van der Waals surface area contributed by atoms with Crippen molar-refractivity contribution in [2.45, 2.75) is 0 Å². The molecule has 0 aliphatic heterocycles. The van der Waals surface area contributed by atoms with Gasteiger partial charge in [-0.1, -0.05) is 140 Å². The first-order valence-electron chi connectivity index (χ1n) is 15.5. The molecule has 0 aliphatic carbocycles.